The molecule has 2 atom stereocenters. The third-order valence-electron chi connectivity index (χ3n) is 4.78. The Morgan fingerprint density at radius 2 is 2.11 bits per heavy atom. The predicted octanol–water partition coefficient (Wildman–Crippen LogP) is 1.35. The zero-order valence-corrected chi connectivity index (χ0v) is 16.9. The van der Waals surface area contributed by atoms with Crippen LogP contribution in [-0.4, -0.2) is 42.2 Å². The first kappa shape index (κ1) is 22.1. The monoisotopic (exact) mass is 391 g/mol. The number of hydrogen-bond acceptors (Lipinski definition) is 6. The lowest BCUT2D eigenvalue weighted by Gasteiger charge is -2.19. The van der Waals surface area contributed by atoms with Gasteiger partial charge in [0.2, 0.25) is 17.6 Å². The van der Waals surface area contributed by atoms with Gasteiger partial charge in [-0.05, 0) is 38.1 Å². The van der Waals surface area contributed by atoms with E-state index >= 15 is 0 Å². The Balaban J connectivity index is 1.99. The highest BCUT2D eigenvalue weighted by atomic mass is 16.4. The van der Waals surface area contributed by atoms with Gasteiger partial charge >= 0.3 is 0 Å². The maximum absolute atomic E-state index is 12.6. The third kappa shape index (κ3) is 6.44. The highest BCUT2D eigenvalue weighted by Gasteiger charge is 2.26. The number of carbonyl (C=O) groups is 3. The normalized spacial score (nSPS) is 18.1. The van der Waals surface area contributed by atoms with Gasteiger partial charge in [0.25, 0.3) is 0 Å². The summed E-state index contributed by atoms with van der Waals surface area (Å²) >= 11 is 0. The van der Waals surface area contributed by atoms with Gasteiger partial charge in [-0.15, -0.1) is 0 Å². The predicted molar refractivity (Wildman–Crippen MR) is 105 cm³/mol. The molecule has 1 aliphatic rings. The smallest absolute Gasteiger partial charge is 0.224 e. The van der Waals surface area contributed by atoms with Crippen LogP contribution in [0.5, 0.6) is 0 Å². The number of rotatable bonds is 10. The third-order valence-corrected chi connectivity index (χ3v) is 4.78. The van der Waals surface area contributed by atoms with Gasteiger partial charge in [-0.25, -0.2) is 4.98 Å². The molecule has 2 rings (SSSR count). The number of nitrogens with zero attached hydrogens (tertiary/aromatic N) is 1. The largest absolute Gasteiger partial charge is 0.437 e. The second kappa shape index (κ2) is 10.4. The number of Topliss-reactive ketones (excluding diaryl/α,β-unsaturated/α-hetero) is 1. The van der Waals surface area contributed by atoms with Crippen LogP contribution in [0.1, 0.15) is 68.1 Å². The SMILES string of the molecule is CC(C)Cc1nc(C2CCCNC2)oc1C(=O)CNC(=O)[CH]CC(C)C(N)=O. The van der Waals surface area contributed by atoms with Crippen molar-refractivity contribution >= 4 is 17.6 Å². The molecule has 1 saturated heterocycles. The van der Waals surface area contributed by atoms with Crippen LogP contribution in [0, 0.1) is 18.3 Å². The van der Waals surface area contributed by atoms with Crippen molar-refractivity contribution < 1.29 is 18.8 Å². The fourth-order valence-corrected chi connectivity index (χ4v) is 3.07. The highest BCUT2D eigenvalue weighted by molar-refractivity contribution is 5.99. The van der Waals surface area contributed by atoms with Crippen molar-refractivity contribution in [2.75, 3.05) is 19.6 Å². The van der Waals surface area contributed by atoms with E-state index in [1.807, 2.05) is 0 Å². The maximum atomic E-state index is 12.6. The van der Waals surface area contributed by atoms with E-state index in [1.165, 1.54) is 6.42 Å². The second-order valence-electron chi connectivity index (χ2n) is 7.85. The number of primary amides is 1. The number of nitrogens with one attached hydrogen (secondary N) is 2. The molecule has 0 spiro atoms. The summed E-state index contributed by atoms with van der Waals surface area (Å²) in [6, 6.07) is 0. The molecule has 155 valence electrons. The lowest BCUT2D eigenvalue weighted by atomic mass is 10.00. The fraction of sp³-hybridized carbons (Fsp3) is 0.650. The van der Waals surface area contributed by atoms with Gasteiger partial charge in [0.1, 0.15) is 0 Å². The highest BCUT2D eigenvalue weighted by Crippen LogP contribution is 2.26. The molecule has 0 bridgehead atoms. The molecule has 1 radical (unpaired) electrons. The number of ketones is 1. The summed E-state index contributed by atoms with van der Waals surface area (Å²) < 4.78 is 5.86. The molecule has 8 nitrogen and oxygen atoms in total. The van der Waals surface area contributed by atoms with Crippen molar-refractivity contribution in [1.29, 1.82) is 0 Å². The molecule has 2 amide bonds. The maximum Gasteiger partial charge on any atom is 0.224 e. The Labute approximate surface area is 166 Å². The molecule has 0 aliphatic carbocycles. The van der Waals surface area contributed by atoms with E-state index in [-0.39, 0.29) is 30.4 Å². The van der Waals surface area contributed by atoms with E-state index in [2.05, 4.69) is 29.5 Å². The summed E-state index contributed by atoms with van der Waals surface area (Å²) in [6.07, 6.45) is 4.23. The van der Waals surface area contributed by atoms with Crippen molar-refractivity contribution in [3.63, 3.8) is 0 Å². The Hall–Kier alpha value is -2.22. The summed E-state index contributed by atoms with van der Waals surface area (Å²) in [5.74, 6) is -0.290. The average Bonchev–Trinajstić information content (AvgIpc) is 3.07. The summed E-state index contributed by atoms with van der Waals surface area (Å²) in [6.45, 7) is 7.36. The number of nitrogens with two attached hydrogens (primary N) is 1. The summed E-state index contributed by atoms with van der Waals surface area (Å²) in [5.41, 5.74) is 5.83. The fourth-order valence-electron chi connectivity index (χ4n) is 3.07. The zero-order chi connectivity index (χ0) is 20.7. The Kier molecular flexibility index (Phi) is 8.17. The number of aromatic nitrogens is 1. The van der Waals surface area contributed by atoms with Gasteiger partial charge in [0, 0.05) is 18.4 Å². The minimum absolute atomic E-state index is 0.166. The van der Waals surface area contributed by atoms with Crippen LogP contribution in [-0.2, 0) is 16.0 Å². The first-order valence-corrected chi connectivity index (χ1v) is 9.91. The van der Waals surface area contributed by atoms with Crippen LogP contribution in [0.2, 0.25) is 0 Å². The van der Waals surface area contributed by atoms with E-state index in [4.69, 9.17) is 10.2 Å². The van der Waals surface area contributed by atoms with E-state index < -0.39 is 17.7 Å². The molecular weight excluding hydrogens is 360 g/mol. The minimum Gasteiger partial charge on any atom is -0.437 e. The van der Waals surface area contributed by atoms with E-state index in [1.54, 1.807) is 6.92 Å². The number of oxazole rings is 1. The molecule has 1 aromatic heterocycles. The van der Waals surface area contributed by atoms with Crippen LogP contribution in [0.3, 0.4) is 0 Å². The quantitative estimate of drug-likeness (QED) is 0.517. The zero-order valence-electron chi connectivity index (χ0n) is 16.9. The molecule has 4 N–H and O–H groups in total. The molecule has 28 heavy (non-hydrogen) atoms. The van der Waals surface area contributed by atoms with Crippen LogP contribution >= 0.6 is 0 Å². The molecule has 1 fully saturated rings. The summed E-state index contributed by atoms with van der Waals surface area (Å²) in [4.78, 5) is 40.2. The number of carbonyl (C=O) groups excluding carboxylic acids is 3. The van der Waals surface area contributed by atoms with Crippen molar-refractivity contribution in [2.24, 2.45) is 17.6 Å². The Bertz CT molecular complexity index is 692. The van der Waals surface area contributed by atoms with Crippen LogP contribution < -0.4 is 16.4 Å². The number of hydrogen-bond donors (Lipinski definition) is 3. The molecule has 1 aromatic rings. The first-order valence-electron chi connectivity index (χ1n) is 9.91. The summed E-state index contributed by atoms with van der Waals surface area (Å²) in [5, 5.41) is 5.87. The molecule has 8 heteroatoms. The van der Waals surface area contributed by atoms with Gasteiger partial charge in [0.15, 0.2) is 11.7 Å². The standard InChI is InChI=1S/C20H31N4O4/c1-12(2)9-15-18(28-20(24-15)14-5-4-8-22-10-14)16(25)11-23-17(26)7-6-13(3)19(21)27/h7,12-14,22H,4-6,8-11H2,1-3H3,(H2,21,27)(H,23,26). The van der Waals surface area contributed by atoms with Gasteiger partial charge in [-0.1, -0.05) is 20.8 Å². The second-order valence-corrected chi connectivity index (χ2v) is 7.85. The van der Waals surface area contributed by atoms with Crippen molar-refractivity contribution in [3.05, 3.63) is 23.8 Å². The summed E-state index contributed by atoms with van der Waals surface area (Å²) in [7, 11) is 0. The lowest BCUT2D eigenvalue weighted by molar-refractivity contribution is -0.121. The minimum atomic E-state index is -0.468. The van der Waals surface area contributed by atoms with Gasteiger partial charge in [-0.2, -0.15) is 0 Å². The lowest BCUT2D eigenvalue weighted by Crippen LogP contribution is -2.31. The Morgan fingerprint density at radius 1 is 1.36 bits per heavy atom. The van der Waals surface area contributed by atoms with E-state index in [9.17, 15) is 14.4 Å². The van der Waals surface area contributed by atoms with Gasteiger partial charge < -0.3 is 20.8 Å². The topological polar surface area (TPSA) is 127 Å². The van der Waals surface area contributed by atoms with Crippen molar-refractivity contribution in [2.45, 2.75) is 52.4 Å². The van der Waals surface area contributed by atoms with E-state index in [0.717, 1.165) is 25.9 Å². The van der Waals surface area contributed by atoms with Crippen LogP contribution in [0.4, 0.5) is 0 Å². The molecule has 1 aliphatic heterocycles. The van der Waals surface area contributed by atoms with Gasteiger partial charge in [-0.3, -0.25) is 14.4 Å². The van der Waals surface area contributed by atoms with Crippen LogP contribution in [0.15, 0.2) is 4.42 Å². The van der Waals surface area contributed by atoms with E-state index in [0.29, 0.717) is 23.9 Å². The number of piperidine rings is 1. The van der Waals surface area contributed by atoms with Gasteiger partial charge in [0.05, 0.1) is 18.7 Å². The first-order chi connectivity index (χ1) is 13.3. The molecular formula is C20H31N4O4. The molecule has 2 heterocycles. The molecule has 2 unspecified atom stereocenters. The Morgan fingerprint density at radius 3 is 2.71 bits per heavy atom. The number of amides is 2. The molecule has 0 aromatic carbocycles. The average molecular weight is 391 g/mol. The molecule has 0 saturated carbocycles. The van der Waals surface area contributed by atoms with Crippen LogP contribution in [0.25, 0.3) is 0 Å². The van der Waals surface area contributed by atoms with Crippen molar-refractivity contribution in [1.82, 2.24) is 15.6 Å². The van der Waals surface area contributed by atoms with Crippen molar-refractivity contribution in [3.8, 4) is 0 Å².